The van der Waals surface area contributed by atoms with Crippen molar-refractivity contribution in [2.45, 2.75) is 46.0 Å². The van der Waals surface area contributed by atoms with Gasteiger partial charge in [0.25, 0.3) is 0 Å². The van der Waals surface area contributed by atoms with Crippen LogP contribution < -0.4 is 5.73 Å². The number of nitrogens with two attached hydrogens (primary N) is 1. The molecule has 19 heavy (non-hydrogen) atoms. The molecule has 1 fully saturated rings. The molecule has 2 rings (SSSR count). The van der Waals surface area contributed by atoms with Crippen molar-refractivity contribution in [3.63, 3.8) is 0 Å². The molecule has 0 aromatic heterocycles. The fourth-order valence-electron chi connectivity index (χ4n) is 3.00. The molecular weight excluding hydrogens is 261 g/mol. The first-order valence-electron chi connectivity index (χ1n) is 7.01. The Balaban J connectivity index is 2.18. The predicted molar refractivity (Wildman–Crippen MR) is 78.9 cm³/mol. The molecular formula is C16H23ClFN. The molecule has 0 atom stereocenters. The van der Waals surface area contributed by atoms with Gasteiger partial charge in [-0.05, 0) is 61.1 Å². The first-order valence-corrected chi connectivity index (χ1v) is 7.38. The van der Waals surface area contributed by atoms with Crippen molar-refractivity contribution in [1.29, 1.82) is 0 Å². The van der Waals surface area contributed by atoms with Crippen molar-refractivity contribution in [3.8, 4) is 0 Å². The van der Waals surface area contributed by atoms with Crippen LogP contribution in [-0.4, -0.2) is 6.54 Å². The Morgan fingerprint density at radius 3 is 2.42 bits per heavy atom. The van der Waals surface area contributed by atoms with Gasteiger partial charge >= 0.3 is 0 Å². The van der Waals surface area contributed by atoms with Gasteiger partial charge in [-0.3, -0.25) is 0 Å². The summed E-state index contributed by atoms with van der Waals surface area (Å²) >= 11 is 5.86. The monoisotopic (exact) mass is 283 g/mol. The number of benzene rings is 1. The molecule has 1 aliphatic rings. The molecule has 1 aromatic rings. The Morgan fingerprint density at radius 2 is 1.84 bits per heavy atom. The third-order valence-corrected chi connectivity index (χ3v) is 4.99. The molecule has 1 aromatic carbocycles. The van der Waals surface area contributed by atoms with Crippen LogP contribution in [0.4, 0.5) is 4.39 Å². The minimum absolute atomic E-state index is 0.0427. The molecule has 0 heterocycles. The lowest BCUT2D eigenvalue weighted by Crippen LogP contribution is -2.39. The molecule has 0 unspecified atom stereocenters. The van der Waals surface area contributed by atoms with Crippen LogP contribution >= 0.6 is 11.6 Å². The van der Waals surface area contributed by atoms with Crippen molar-refractivity contribution in [2.75, 3.05) is 6.54 Å². The third-order valence-electron chi connectivity index (χ3n) is 4.69. The number of hydrogen-bond acceptors (Lipinski definition) is 1. The van der Waals surface area contributed by atoms with Crippen LogP contribution in [0, 0.1) is 16.6 Å². The highest BCUT2D eigenvalue weighted by Gasteiger charge is 2.37. The minimum Gasteiger partial charge on any atom is -0.330 e. The van der Waals surface area contributed by atoms with Crippen LogP contribution in [-0.2, 0) is 6.42 Å². The minimum atomic E-state index is -0.276. The average molecular weight is 284 g/mol. The maximum Gasteiger partial charge on any atom is 0.144 e. The van der Waals surface area contributed by atoms with Crippen LogP contribution in [0.15, 0.2) is 18.2 Å². The zero-order valence-corrected chi connectivity index (χ0v) is 12.6. The Morgan fingerprint density at radius 1 is 1.21 bits per heavy atom. The Bertz CT molecular complexity index is 446. The molecule has 0 bridgehead atoms. The highest BCUT2D eigenvalue weighted by atomic mass is 35.5. The zero-order valence-electron chi connectivity index (χ0n) is 11.8. The van der Waals surface area contributed by atoms with Crippen molar-refractivity contribution >= 4 is 11.6 Å². The van der Waals surface area contributed by atoms with E-state index in [0.29, 0.717) is 23.9 Å². The van der Waals surface area contributed by atoms with E-state index in [-0.39, 0.29) is 16.3 Å². The molecule has 0 amide bonds. The molecule has 0 saturated heterocycles. The van der Waals surface area contributed by atoms with Gasteiger partial charge < -0.3 is 5.73 Å². The van der Waals surface area contributed by atoms with Gasteiger partial charge in [0.2, 0.25) is 0 Å². The Labute approximate surface area is 120 Å². The van der Waals surface area contributed by atoms with Gasteiger partial charge in [-0.2, -0.15) is 0 Å². The topological polar surface area (TPSA) is 26.0 Å². The Kier molecular flexibility index (Phi) is 4.22. The van der Waals surface area contributed by atoms with Crippen LogP contribution in [0.2, 0.25) is 5.02 Å². The first-order chi connectivity index (χ1) is 8.87. The molecule has 1 saturated carbocycles. The van der Waals surface area contributed by atoms with Crippen LogP contribution in [0.5, 0.6) is 0 Å². The number of rotatable bonds is 3. The number of halogens is 2. The summed E-state index contributed by atoms with van der Waals surface area (Å²) in [7, 11) is 0. The van der Waals surface area contributed by atoms with Gasteiger partial charge in [0, 0.05) is 0 Å². The zero-order chi connectivity index (χ0) is 14.1. The second-order valence-electron chi connectivity index (χ2n) is 6.76. The lowest BCUT2D eigenvalue weighted by Gasteiger charge is -2.43. The second kappa shape index (κ2) is 5.41. The summed E-state index contributed by atoms with van der Waals surface area (Å²) in [5.41, 5.74) is 7.15. The molecule has 0 aliphatic heterocycles. The van der Waals surface area contributed by atoms with E-state index in [1.165, 1.54) is 0 Å². The van der Waals surface area contributed by atoms with E-state index in [4.69, 9.17) is 17.3 Å². The molecule has 0 spiro atoms. The summed E-state index contributed by atoms with van der Waals surface area (Å²) in [5, 5.41) is 0.209. The summed E-state index contributed by atoms with van der Waals surface area (Å²) in [6.45, 7) is 5.22. The molecule has 1 nitrogen and oxygen atoms in total. The fraction of sp³-hybridized carbons (Fsp3) is 0.625. The summed E-state index contributed by atoms with van der Waals surface area (Å²) in [5.74, 6) is -0.276. The van der Waals surface area contributed by atoms with E-state index in [0.717, 1.165) is 25.7 Å². The van der Waals surface area contributed by atoms with Crippen LogP contribution in [0.25, 0.3) is 0 Å². The molecule has 3 heteroatoms. The Hall–Kier alpha value is -0.600. The predicted octanol–water partition coefficient (Wildman–Crippen LogP) is 4.57. The van der Waals surface area contributed by atoms with Crippen molar-refractivity contribution < 1.29 is 4.39 Å². The molecule has 106 valence electrons. The summed E-state index contributed by atoms with van der Waals surface area (Å²) in [6.07, 6.45) is 5.16. The third kappa shape index (κ3) is 3.29. The maximum atomic E-state index is 14.0. The normalized spacial score (nSPS) is 21.3. The van der Waals surface area contributed by atoms with Crippen molar-refractivity contribution in [2.24, 2.45) is 16.6 Å². The summed E-state index contributed by atoms with van der Waals surface area (Å²) in [6, 6.07) is 5.25. The van der Waals surface area contributed by atoms with E-state index >= 15 is 0 Å². The van der Waals surface area contributed by atoms with Gasteiger partial charge in [-0.25, -0.2) is 4.39 Å². The fourth-order valence-corrected chi connectivity index (χ4v) is 3.19. The first kappa shape index (κ1) is 14.8. The van der Waals surface area contributed by atoms with E-state index in [2.05, 4.69) is 13.8 Å². The van der Waals surface area contributed by atoms with Gasteiger partial charge in [-0.15, -0.1) is 0 Å². The van der Waals surface area contributed by atoms with Gasteiger partial charge in [0.1, 0.15) is 5.82 Å². The highest BCUT2D eigenvalue weighted by Crippen LogP contribution is 2.46. The lowest BCUT2D eigenvalue weighted by molar-refractivity contribution is 0.107. The molecule has 0 radical (unpaired) electrons. The second-order valence-corrected chi connectivity index (χ2v) is 7.17. The molecule has 1 aliphatic carbocycles. The SMILES string of the molecule is CC1(C)CCC(CN)(Cc2cccc(Cl)c2F)CC1. The van der Waals surface area contributed by atoms with Gasteiger partial charge in [0.05, 0.1) is 5.02 Å². The van der Waals surface area contributed by atoms with Gasteiger partial charge in [0.15, 0.2) is 0 Å². The highest BCUT2D eigenvalue weighted by molar-refractivity contribution is 6.30. The molecule has 2 N–H and O–H groups in total. The standard InChI is InChI=1S/C16H23ClFN/c1-15(2)6-8-16(11-19,9-7-15)10-12-4-3-5-13(17)14(12)18/h3-5H,6-11,19H2,1-2H3. The van der Waals surface area contributed by atoms with Crippen LogP contribution in [0.3, 0.4) is 0 Å². The van der Waals surface area contributed by atoms with E-state index in [9.17, 15) is 4.39 Å². The van der Waals surface area contributed by atoms with E-state index in [1.807, 2.05) is 12.1 Å². The van der Waals surface area contributed by atoms with Crippen molar-refractivity contribution in [3.05, 3.63) is 34.6 Å². The quantitative estimate of drug-likeness (QED) is 0.864. The average Bonchev–Trinajstić information content (AvgIpc) is 2.38. The number of hydrogen-bond donors (Lipinski definition) is 1. The largest absolute Gasteiger partial charge is 0.330 e. The van der Waals surface area contributed by atoms with E-state index in [1.54, 1.807) is 6.07 Å². The summed E-state index contributed by atoms with van der Waals surface area (Å²) < 4.78 is 14.0. The smallest absolute Gasteiger partial charge is 0.144 e. The maximum absolute atomic E-state index is 14.0. The van der Waals surface area contributed by atoms with Crippen molar-refractivity contribution in [1.82, 2.24) is 0 Å². The van der Waals surface area contributed by atoms with Crippen LogP contribution in [0.1, 0.15) is 45.1 Å². The summed E-state index contributed by atoms with van der Waals surface area (Å²) in [4.78, 5) is 0. The van der Waals surface area contributed by atoms with E-state index < -0.39 is 0 Å². The van der Waals surface area contributed by atoms with Gasteiger partial charge in [-0.1, -0.05) is 37.6 Å². The lowest BCUT2D eigenvalue weighted by atomic mass is 9.63.